The molecule has 0 heterocycles. The van der Waals surface area contributed by atoms with Crippen molar-refractivity contribution in [3.05, 3.63) is 28.8 Å². The van der Waals surface area contributed by atoms with Gasteiger partial charge in [0.15, 0.2) is 0 Å². The first kappa shape index (κ1) is 14.7. The fourth-order valence-electron chi connectivity index (χ4n) is 2.31. The summed E-state index contributed by atoms with van der Waals surface area (Å²) >= 11 is 6.39. The Bertz CT molecular complexity index is 402. The van der Waals surface area contributed by atoms with Gasteiger partial charge in [-0.3, -0.25) is 0 Å². The number of nitrogens with one attached hydrogen (secondary N) is 1. The molecule has 0 radical (unpaired) electrons. The van der Waals surface area contributed by atoms with Crippen LogP contribution in [-0.4, -0.2) is 19.6 Å². The van der Waals surface area contributed by atoms with Gasteiger partial charge in [-0.1, -0.05) is 24.6 Å². The molecule has 19 heavy (non-hydrogen) atoms. The Kier molecular flexibility index (Phi) is 5.53. The van der Waals surface area contributed by atoms with E-state index in [0.717, 1.165) is 37.0 Å². The molecule has 1 aliphatic rings. The quantitative estimate of drug-likeness (QED) is 0.722. The van der Waals surface area contributed by atoms with Crippen molar-refractivity contribution in [2.75, 3.05) is 24.5 Å². The molecule has 0 bridgehead atoms. The van der Waals surface area contributed by atoms with Crippen molar-refractivity contribution in [3.8, 4) is 0 Å². The second kappa shape index (κ2) is 7.16. The van der Waals surface area contributed by atoms with Crippen LogP contribution in [0, 0.1) is 5.92 Å². The molecule has 0 aliphatic heterocycles. The van der Waals surface area contributed by atoms with Gasteiger partial charge in [-0.15, -0.1) is 0 Å². The van der Waals surface area contributed by atoms with Gasteiger partial charge in [0.25, 0.3) is 0 Å². The zero-order valence-corrected chi connectivity index (χ0v) is 12.8. The third-order valence-corrected chi connectivity index (χ3v) is 4.05. The largest absolute Gasteiger partial charge is 0.371 e. The molecule has 1 aromatic carbocycles. The van der Waals surface area contributed by atoms with Crippen LogP contribution in [0.1, 0.15) is 38.7 Å². The maximum absolute atomic E-state index is 6.39. The summed E-state index contributed by atoms with van der Waals surface area (Å²) < 4.78 is 0. The topological polar surface area (TPSA) is 15.3 Å². The molecule has 0 saturated heterocycles. The normalized spacial score (nSPS) is 14.7. The van der Waals surface area contributed by atoms with Gasteiger partial charge in [-0.2, -0.15) is 0 Å². The van der Waals surface area contributed by atoms with Crippen LogP contribution in [0.25, 0.3) is 0 Å². The van der Waals surface area contributed by atoms with E-state index in [2.05, 4.69) is 42.3 Å². The summed E-state index contributed by atoms with van der Waals surface area (Å²) in [6, 6.07) is 6.49. The first-order chi connectivity index (χ1) is 9.24. The summed E-state index contributed by atoms with van der Waals surface area (Å²) in [5.74, 6) is 0.907. The molecule has 1 fully saturated rings. The third kappa shape index (κ3) is 4.39. The van der Waals surface area contributed by atoms with Crippen molar-refractivity contribution < 1.29 is 0 Å². The summed E-state index contributed by atoms with van der Waals surface area (Å²) in [6.07, 6.45) is 3.94. The standard InChI is InChI=1S/C16H25ClN2/c1-3-9-18-11-14-7-8-15(10-16(14)17)19(4-2)12-13-5-6-13/h7-8,10,13,18H,3-6,9,11-12H2,1-2H3. The monoisotopic (exact) mass is 280 g/mol. The van der Waals surface area contributed by atoms with Crippen molar-refractivity contribution in [1.82, 2.24) is 5.32 Å². The summed E-state index contributed by atoms with van der Waals surface area (Å²) in [5, 5.41) is 4.28. The molecule has 2 rings (SSSR count). The lowest BCUT2D eigenvalue weighted by atomic mass is 10.1. The van der Waals surface area contributed by atoms with E-state index in [9.17, 15) is 0 Å². The zero-order valence-electron chi connectivity index (χ0n) is 12.1. The lowest BCUT2D eigenvalue weighted by Crippen LogP contribution is -2.25. The van der Waals surface area contributed by atoms with Crippen molar-refractivity contribution in [2.45, 2.75) is 39.7 Å². The van der Waals surface area contributed by atoms with Crippen LogP contribution >= 0.6 is 11.6 Å². The van der Waals surface area contributed by atoms with Crippen LogP contribution in [0.2, 0.25) is 5.02 Å². The second-order valence-corrected chi connectivity index (χ2v) is 5.84. The van der Waals surface area contributed by atoms with E-state index in [1.807, 2.05) is 0 Å². The molecule has 1 aromatic rings. The summed E-state index contributed by atoms with van der Waals surface area (Å²) in [6.45, 7) is 8.53. The predicted octanol–water partition coefficient (Wildman–Crippen LogP) is 4.08. The van der Waals surface area contributed by atoms with Gasteiger partial charge in [0, 0.05) is 30.3 Å². The number of hydrogen-bond acceptors (Lipinski definition) is 2. The van der Waals surface area contributed by atoms with E-state index in [1.54, 1.807) is 0 Å². The SMILES string of the molecule is CCCNCc1ccc(N(CC)CC2CC2)cc1Cl. The van der Waals surface area contributed by atoms with E-state index in [-0.39, 0.29) is 0 Å². The fourth-order valence-corrected chi connectivity index (χ4v) is 2.55. The number of nitrogens with zero attached hydrogens (tertiary/aromatic N) is 1. The maximum atomic E-state index is 6.39. The first-order valence-electron chi connectivity index (χ1n) is 7.48. The van der Waals surface area contributed by atoms with Gasteiger partial charge in [-0.25, -0.2) is 0 Å². The Morgan fingerprint density at radius 1 is 1.32 bits per heavy atom. The van der Waals surface area contributed by atoms with Crippen molar-refractivity contribution in [3.63, 3.8) is 0 Å². The number of hydrogen-bond donors (Lipinski definition) is 1. The van der Waals surface area contributed by atoms with Crippen molar-refractivity contribution in [1.29, 1.82) is 0 Å². The number of halogens is 1. The van der Waals surface area contributed by atoms with E-state index in [1.165, 1.54) is 30.6 Å². The minimum Gasteiger partial charge on any atom is -0.371 e. The van der Waals surface area contributed by atoms with Gasteiger partial charge in [0.05, 0.1) is 0 Å². The molecule has 0 spiro atoms. The average Bonchev–Trinajstić information content (AvgIpc) is 3.22. The Morgan fingerprint density at radius 2 is 2.11 bits per heavy atom. The summed E-state index contributed by atoms with van der Waals surface area (Å²) in [7, 11) is 0. The molecule has 0 aromatic heterocycles. The molecule has 1 saturated carbocycles. The van der Waals surface area contributed by atoms with Gasteiger partial charge in [0.1, 0.15) is 0 Å². The Morgan fingerprint density at radius 3 is 2.68 bits per heavy atom. The lowest BCUT2D eigenvalue weighted by Gasteiger charge is -2.23. The maximum Gasteiger partial charge on any atom is 0.0471 e. The number of benzene rings is 1. The molecule has 1 aliphatic carbocycles. The lowest BCUT2D eigenvalue weighted by molar-refractivity contribution is 0.675. The fraction of sp³-hybridized carbons (Fsp3) is 0.625. The number of anilines is 1. The van der Waals surface area contributed by atoms with Crippen molar-refractivity contribution >= 4 is 17.3 Å². The Balaban J connectivity index is 1.99. The van der Waals surface area contributed by atoms with E-state index >= 15 is 0 Å². The van der Waals surface area contributed by atoms with Crippen LogP contribution in [0.3, 0.4) is 0 Å². The summed E-state index contributed by atoms with van der Waals surface area (Å²) in [5.41, 5.74) is 2.46. The molecular weight excluding hydrogens is 256 g/mol. The highest BCUT2D eigenvalue weighted by Crippen LogP contribution is 2.32. The highest BCUT2D eigenvalue weighted by molar-refractivity contribution is 6.31. The van der Waals surface area contributed by atoms with Gasteiger partial charge >= 0.3 is 0 Å². The van der Waals surface area contributed by atoms with Gasteiger partial charge in [-0.05, 0) is 56.3 Å². The average molecular weight is 281 g/mol. The third-order valence-electron chi connectivity index (χ3n) is 3.70. The molecule has 0 unspecified atom stereocenters. The van der Waals surface area contributed by atoms with Crippen LogP contribution in [0.4, 0.5) is 5.69 Å². The first-order valence-corrected chi connectivity index (χ1v) is 7.86. The van der Waals surface area contributed by atoms with Crippen LogP contribution in [-0.2, 0) is 6.54 Å². The second-order valence-electron chi connectivity index (χ2n) is 5.43. The van der Waals surface area contributed by atoms with Crippen molar-refractivity contribution in [2.24, 2.45) is 5.92 Å². The van der Waals surface area contributed by atoms with Crippen LogP contribution in [0.5, 0.6) is 0 Å². The molecular formula is C16H25ClN2. The molecule has 3 heteroatoms. The highest BCUT2D eigenvalue weighted by Gasteiger charge is 2.24. The molecule has 1 N–H and O–H groups in total. The highest BCUT2D eigenvalue weighted by atomic mass is 35.5. The zero-order chi connectivity index (χ0) is 13.7. The smallest absolute Gasteiger partial charge is 0.0471 e. The predicted molar refractivity (Wildman–Crippen MR) is 84.1 cm³/mol. The molecule has 0 atom stereocenters. The minimum atomic E-state index is 0.863. The van der Waals surface area contributed by atoms with E-state index in [0.29, 0.717) is 0 Å². The Labute approximate surface area is 122 Å². The van der Waals surface area contributed by atoms with Gasteiger partial charge < -0.3 is 10.2 Å². The van der Waals surface area contributed by atoms with Gasteiger partial charge in [0.2, 0.25) is 0 Å². The Hall–Kier alpha value is -0.730. The van der Waals surface area contributed by atoms with E-state index in [4.69, 9.17) is 11.6 Å². The molecule has 2 nitrogen and oxygen atoms in total. The number of rotatable bonds is 8. The minimum absolute atomic E-state index is 0.863. The van der Waals surface area contributed by atoms with Crippen LogP contribution < -0.4 is 10.2 Å². The molecule has 0 amide bonds. The summed E-state index contributed by atoms with van der Waals surface area (Å²) in [4.78, 5) is 2.44. The van der Waals surface area contributed by atoms with Crippen LogP contribution in [0.15, 0.2) is 18.2 Å². The molecule has 106 valence electrons. The van der Waals surface area contributed by atoms with E-state index < -0.39 is 0 Å².